The number of halogens is 1. The Balaban J connectivity index is 1.73. The molecule has 0 heterocycles. The van der Waals surface area contributed by atoms with E-state index in [1.165, 1.54) is 4.90 Å². The summed E-state index contributed by atoms with van der Waals surface area (Å²) in [6, 6.07) is 37.8. The van der Waals surface area contributed by atoms with Crippen LogP contribution >= 0.6 is 11.6 Å². The Morgan fingerprint density at radius 2 is 0.943 bits per heavy atom. The number of hydrogen-bond donors (Lipinski definition) is 0. The van der Waals surface area contributed by atoms with Crippen LogP contribution in [-0.2, 0) is 24.4 Å². The predicted molar refractivity (Wildman–Crippen MR) is 140 cm³/mol. The van der Waals surface area contributed by atoms with Crippen molar-refractivity contribution < 1.29 is 9.59 Å². The van der Waals surface area contributed by atoms with Gasteiger partial charge in [0.2, 0.25) is 0 Å². The summed E-state index contributed by atoms with van der Waals surface area (Å²) >= 11 is 6.12. The number of rotatable bonds is 9. The fraction of sp³-hybridized carbons (Fsp3) is 0.133. The van der Waals surface area contributed by atoms with E-state index in [4.69, 9.17) is 11.6 Å². The van der Waals surface area contributed by atoms with Crippen LogP contribution in [0.2, 0.25) is 0 Å². The summed E-state index contributed by atoms with van der Waals surface area (Å²) in [7, 11) is 0. The average Bonchev–Trinajstić information content (AvgIpc) is 2.90. The van der Waals surface area contributed by atoms with Gasteiger partial charge in [0.25, 0.3) is 5.91 Å². The molecule has 0 aliphatic rings. The summed E-state index contributed by atoms with van der Waals surface area (Å²) in [6.45, 7) is 1.04. The normalized spacial score (nSPS) is 11.5. The van der Waals surface area contributed by atoms with Crippen LogP contribution in [0.15, 0.2) is 121 Å². The van der Waals surface area contributed by atoms with Crippen molar-refractivity contribution in [1.82, 2.24) is 9.80 Å². The highest BCUT2D eigenvalue weighted by molar-refractivity contribution is 6.62. The maximum Gasteiger partial charge on any atom is 0.317 e. The minimum Gasteiger partial charge on any atom is -0.332 e. The summed E-state index contributed by atoms with van der Waals surface area (Å²) in [5.41, 5.74) is 3.63. The molecular formula is C30H27ClN2O2. The van der Waals surface area contributed by atoms with Gasteiger partial charge >= 0.3 is 5.37 Å². The van der Waals surface area contributed by atoms with Gasteiger partial charge in [0.05, 0.1) is 0 Å². The Morgan fingerprint density at radius 1 is 0.571 bits per heavy atom. The van der Waals surface area contributed by atoms with Crippen LogP contribution in [0.4, 0.5) is 4.79 Å². The molecule has 35 heavy (non-hydrogen) atoms. The number of carbonyl (C=O) groups excluding carboxylic acids is 2. The first kappa shape index (κ1) is 24.2. The molecule has 0 saturated heterocycles. The molecule has 4 aromatic rings. The standard InChI is InChI=1S/C30H27ClN2O2/c31-30(35)33(23-26-17-9-3-10-18-26)28(27-19-11-4-12-20-27)29(34)32(21-24-13-5-1-6-14-24)22-25-15-7-2-8-16-25/h1-20,28H,21-23H2. The van der Waals surface area contributed by atoms with Gasteiger partial charge in [-0.2, -0.15) is 0 Å². The lowest BCUT2D eigenvalue weighted by Crippen LogP contribution is -2.43. The van der Waals surface area contributed by atoms with E-state index in [1.54, 1.807) is 4.90 Å². The second kappa shape index (κ2) is 12.0. The van der Waals surface area contributed by atoms with E-state index < -0.39 is 11.4 Å². The van der Waals surface area contributed by atoms with Crippen molar-refractivity contribution in [3.05, 3.63) is 144 Å². The van der Waals surface area contributed by atoms with Gasteiger partial charge in [0, 0.05) is 19.6 Å². The van der Waals surface area contributed by atoms with Gasteiger partial charge in [0.15, 0.2) is 0 Å². The summed E-state index contributed by atoms with van der Waals surface area (Å²) < 4.78 is 0. The molecule has 0 saturated carbocycles. The Kier molecular flexibility index (Phi) is 8.31. The molecule has 0 spiro atoms. The van der Waals surface area contributed by atoms with Crippen molar-refractivity contribution in [3.63, 3.8) is 0 Å². The van der Waals surface area contributed by atoms with E-state index in [0.717, 1.165) is 16.7 Å². The molecule has 4 nitrogen and oxygen atoms in total. The lowest BCUT2D eigenvalue weighted by Gasteiger charge is -2.34. The van der Waals surface area contributed by atoms with Gasteiger partial charge < -0.3 is 9.80 Å². The van der Waals surface area contributed by atoms with E-state index in [-0.39, 0.29) is 12.5 Å². The number of amides is 2. The molecule has 0 aromatic heterocycles. The molecule has 0 aliphatic carbocycles. The highest BCUT2D eigenvalue weighted by Crippen LogP contribution is 2.28. The molecule has 4 rings (SSSR count). The fourth-order valence-electron chi connectivity index (χ4n) is 4.12. The summed E-state index contributed by atoms with van der Waals surface area (Å²) in [4.78, 5) is 30.2. The van der Waals surface area contributed by atoms with Gasteiger partial charge in [0.1, 0.15) is 6.04 Å². The Morgan fingerprint density at radius 3 is 1.34 bits per heavy atom. The van der Waals surface area contributed by atoms with E-state index in [1.807, 2.05) is 121 Å². The third kappa shape index (κ3) is 6.58. The SMILES string of the molecule is O=C(C(c1ccccc1)N(Cc1ccccc1)C(=O)Cl)N(Cc1ccccc1)Cc1ccccc1. The summed E-state index contributed by atoms with van der Waals surface area (Å²) in [6.07, 6.45) is 0. The maximum atomic E-state index is 14.3. The maximum absolute atomic E-state index is 14.3. The first-order valence-corrected chi connectivity index (χ1v) is 11.9. The molecule has 2 amide bonds. The predicted octanol–water partition coefficient (Wildman–Crippen LogP) is 6.82. The summed E-state index contributed by atoms with van der Waals surface area (Å²) in [5.74, 6) is -0.186. The van der Waals surface area contributed by atoms with Crippen LogP contribution < -0.4 is 0 Å². The second-order valence-corrected chi connectivity index (χ2v) is 8.67. The second-order valence-electron chi connectivity index (χ2n) is 8.35. The van der Waals surface area contributed by atoms with Gasteiger partial charge in [-0.05, 0) is 33.9 Å². The molecule has 0 aliphatic heterocycles. The zero-order chi connectivity index (χ0) is 24.5. The molecule has 1 atom stereocenters. The quantitative estimate of drug-likeness (QED) is 0.194. The van der Waals surface area contributed by atoms with Crippen LogP contribution in [0.1, 0.15) is 28.3 Å². The minimum absolute atomic E-state index is 0.186. The Bertz CT molecular complexity index is 1180. The highest BCUT2D eigenvalue weighted by Gasteiger charge is 2.34. The lowest BCUT2D eigenvalue weighted by molar-refractivity contribution is -0.137. The first-order chi connectivity index (χ1) is 17.1. The average molecular weight is 483 g/mol. The fourth-order valence-corrected chi connectivity index (χ4v) is 4.28. The highest BCUT2D eigenvalue weighted by atomic mass is 35.5. The zero-order valence-corrected chi connectivity index (χ0v) is 20.1. The van der Waals surface area contributed by atoms with Crippen LogP contribution in [0.3, 0.4) is 0 Å². The van der Waals surface area contributed by atoms with Gasteiger partial charge in [-0.25, -0.2) is 0 Å². The smallest absolute Gasteiger partial charge is 0.317 e. The van der Waals surface area contributed by atoms with Gasteiger partial charge in [-0.1, -0.05) is 121 Å². The van der Waals surface area contributed by atoms with Gasteiger partial charge in [-0.3, -0.25) is 9.59 Å². The molecule has 0 bridgehead atoms. The molecular weight excluding hydrogens is 456 g/mol. The van der Waals surface area contributed by atoms with Crippen LogP contribution in [0.25, 0.3) is 0 Å². The van der Waals surface area contributed by atoms with Crippen molar-refractivity contribution in [2.24, 2.45) is 0 Å². The van der Waals surface area contributed by atoms with Crippen LogP contribution in [-0.4, -0.2) is 21.1 Å². The molecule has 0 fully saturated rings. The van der Waals surface area contributed by atoms with E-state index in [0.29, 0.717) is 18.7 Å². The molecule has 176 valence electrons. The first-order valence-electron chi connectivity index (χ1n) is 11.5. The van der Waals surface area contributed by atoms with Crippen molar-refractivity contribution in [2.75, 3.05) is 0 Å². The molecule has 0 radical (unpaired) electrons. The monoisotopic (exact) mass is 482 g/mol. The molecule has 0 N–H and O–H groups in total. The van der Waals surface area contributed by atoms with Crippen LogP contribution in [0.5, 0.6) is 0 Å². The molecule has 1 unspecified atom stereocenters. The number of benzene rings is 4. The number of hydrogen-bond acceptors (Lipinski definition) is 2. The largest absolute Gasteiger partial charge is 0.332 e. The summed E-state index contributed by atoms with van der Waals surface area (Å²) in [5, 5.41) is -0.671. The molecule has 5 heteroatoms. The molecule has 4 aromatic carbocycles. The minimum atomic E-state index is -0.867. The van der Waals surface area contributed by atoms with Gasteiger partial charge in [-0.15, -0.1) is 0 Å². The van der Waals surface area contributed by atoms with E-state index in [2.05, 4.69) is 0 Å². The number of carbonyl (C=O) groups is 2. The Hall–Kier alpha value is -3.89. The van der Waals surface area contributed by atoms with Crippen molar-refractivity contribution >= 4 is 22.9 Å². The third-order valence-electron chi connectivity index (χ3n) is 5.83. The number of nitrogens with zero attached hydrogens (tertiary/aromatic N) is 2. The van der Waals surface area contributed by atoms with Crippen molar-refractivity contribution in [2.45, 2.75) is 25.7 Å². The zero-order valence-electron chi connectivity index (χ0n) is 19.3. The van der Waals surface area contributed by atoms with E-state index >= 15 is 0 Å². The lowest BCUT2D eigenvalue weighted by atomic mass is 10.0. The van der Waals surface area contributed by atoms with E-state index in [9.17, 15) is 9.59 Å². The van der Waals surface area contributed by atoms with Crippen LogP contribution in [0, 0.1) is 0 Å². The van der Waals surface area contributed by atoms with Crippen molar-refractivity contribution in [1.29, 1.82) is 0 Å². The Labute approximate surface area is 211 Å². The van der Waals surface area contributed by atoms with Crippen molar-refractivity contribution in [3.8, 4) is 0 Å². The topological polar surface area (TPSA) is 40.6 Å². The third-order valence-corrected chi connectivity index (χ3v) is 6.04.